The number of hydrogen-bond acceptors (Lipinski definition) is 4. The van der Waals surface area contributed by atoms with Crippen LogP contribution in [0.2, 0.25) is 0 Å². The third-order valence-corrected chi connectivity index (χ3v) is 12.9. The molecule has 298 valence electrons. The molecular formula is C57H34N6O. The van der Waals surface area contributed by atoms with E-state index in [2.05, 4.69) is 177 Å². The van der Waals surface area contributed by atoms with Gasteiger partial charge in [-0.3, -0.25) is 4.57 Å². The summed E-state index contributed by atoms with van der Waals surface area (Å²) in [6.07, 6.45) is 0. The van der Waals surface area contributed by atoms with E-state index in [9.17, 15) is 0 Å². The van der Waals surface area contributed by atoms with Gasteiger partial charge in [0, 0.05) is 59.9 Å². The van der Waals surface area contributed by atoms with E-state index in [1.54, 1.807) is 0 Å². The summed E-state index contributed by atoms with van der Waals surface area (Å²) >= 11 is 0. The Morgan fingerprint density at radius 1 is 0.328 bits per heavy atom. The van der Waals surface area contributed by atoms with Gasteiger partial charge in [0.1, 0.15) is 11.2 Å². The SMILES string of the molecule is c1ccc(-c2nc(-c3ccc4oc5ccccc5c4c3)nc(-n3c4ccccc4c4c5c6ccccc6n(-c6ccccc6)c5cc(-n5c6ccccc6c6ccccc65)c43)n2)cc1. The number of nitrogens with zero attached hydrogens (tertiary/aromatic N) is 6. The molecule has 0 atom stereocenters. The Morgan fingerprint density at radius 2 is 0.844 bits per heavy atom. The predicted molar refractivity (Wildman–Crippen MR) is 261 cm³/mol. The molecule has 0 spiro atoms. The number of rotatable bonds is 5. The highest BCUT2D eigenvalue weighted by Gasteiger charge is 2.27. The largest absolute Gasteiger partial charge is 0.456 e. The summed E-state index contributed by atoms with van der Waals surface area (Å²) in [5, 5.41) is 9.02. The highest BCUT2D eigenvalue weighted by molar-refractivity contribution is 6.31. The summed E-state index contributed by atoms with van der Waals surface area (Å²) < 4.78 is 13.4. The van der Waals surface area contributed by atoms with Gasteiger partial charge in [-0.25, -0.2) is 4.98 Å². The molecule has 0 radical (unpaired) electrons. The summed E-state index contributed by atoms with van der Waals surface area (Å²) in [5.74, 6) is 1.69. The lowest BCUT2D eigenvalue weighted by atomic mass is 10.0. The monoisotopic (exact) mass is 818 g/mol. The average molecular weight is 819 g/mol. The Labute approximate surface area is 365 Å². The van der Waals surface area contributed by atoms with Crippen LogP contribution in [-0.4, -0.2) is 28.7 Å². The summed E-state index contributed by atoms with van der Waals surface area (Å²) in [5.41, 5.74) is 12.0. The zero-order valence-corrected chi connectivity index (χ0v) is 34.2. The molecule has 0 N–H and O–H groups in total. The minimum absolute atomic E-state index is 0.528. The quantitative estimate of drug-likeness (QED) is 0.173. The fourth-order valence-electron chi connectivity index (χ4n) is 10.2. The maximum atomic E-state index is 6.26. The molecule has 5 heterocycles. The molecule has 5 aromatic heterocycles. The standard InChI is InChI=1S/C57H34N6O/c1-3-17-35(18-4-1)55-58-56(36-31-32-51-43(33-36)40-23-11-16-30-50(40)64-51)60-57(59-55)63-47-29-15-10-25-42(47)53-52-41-24-9-14-28-46(41)61(37-19-5-2-6-20-37)48(52)34-49(54(53)63)62-44-26-12-7-21-38(44)39-22-8-13-27-45(39)62/h1-34H. The number of hydrogen-bond donors (Lipinski definition) is 0. The van der Waals surface area contributed by atoms with Gasteiger partial charge in [-0.15, -0.1) is 0 Å². The molecule has 0 bridgehead atoms. The number of aromatic nitrogens is 6. The lowest BCUT2D eigenvalue weighted by Crippen LogP contribution is -2.08. The Hall–Kier alpha value is -8.81. The molecule has 0 aliphatic heterocycles. The van der Waals surface area contributed by atoms with Crippen molar-refractivity contribution in [3.63, 3.8) is 0 Å². The van der Waals surface area contributed by atoms with Crippen molar-refractivity contribution in [3.05, 3.63) is 206 Å². The summed E-state index contributed by atoms with van der Waals surface area (Å²) in [6.45, 7) is 0. The molecule has 0 amide bonds. The zero-order valence-electron chi connectivity index (χ0n) is 34.2. The van der Waals surface area contributed by atoms with Crippen LogP contribution in [0, 0.1) is 0 Å². The normalized spacial score (nSPS) is 12.1. The first-order chi connectivity index (χ1) is 31.8. The maximum absolute atomic E-state index is 6.26. The van der Waals surface area contributed by atoms with Crippen molar-refractivity contribution in [2.45, 2.75) is 0 Å². The van der Waals surface area contributed by atoms with Crippen molar-refractivity contribution in [2.24, 2.45) is 0 Å². The van der Waals surface area contributed by atoms with E-state index in [1.165, 1.54) is 21.5 Å². The predicted octanol–water partition coefficient (Wildman–Crippen LogP) is 14.4. The number of para-hydroxylation sites is 6. The van der Waals surface area contributed by atoms with Gasteiger partial charge in [-0.2, -0.15) is 9.97 Å². The third-order valence-electron chi connectivity index (χ3n) is 12.9. The van der Waals surface area contributed by atoms with Crippen molar-refractivity contribution < 1.29 is 4.42 Å². The first-order valence-corrected chi connectivity index (χ1v) is 21.5. The van der Waals surface area contributed by atoms with Gasteiger partial charge in [0.05, 0.1) is 38.8 Å². The van der Waals surface area contributed by atoms with Gasteiger partial charge < -0.3 is 13.6 Å². The first-order valence-electron chi connectivity index (χ1n) is 21.5. The van der Waals surface area contributed by atoms with Crippen LogP contribution >= 0.6 is 0 Å². The van der Waals surface area contributed by atoms with E-state index in [-0.39, 0.29) is 0 Å². The Kier molecular flexibility index (Phi) is 7.27. The molecule has 0 aliphatic carbocycles. The molecule has 0 saturated carbocycles. The van der Waals surface area contributed by atoms with Crippen molar-refractivity contribution >= 4 is 87.4 Å². The van der Waals surface area contributed by atoms with Crippen LogP contribution in [0.15, 0.2) is 211 Å². The highest BCUT2D eigenvalue weighted by atomic mass is 16.3. The second-order valence-electron chi connectivity index (χ2n) is 16.4. The highest BCUT2D eigenvalue weighted by Crippen LogP contribution is 2.46. The molecular weight excluding hydrogens is 785 g/mol. The van der Waals surface area contributed by atoms with E-state index in [0.717, 1.165) is 88.3 Å². The van der Waals surface area contributed by atoms with Gasteiger partial charge in [-0.1, -0.05) is 140 Å². The number of benzene rings is 9. The fraction of sp³-hybridized carbons (Fsp3) is 0. The van der Waals surface area contributed by atoms with Crippen molar-refractivity contribution in [1.29, 1.82) is 0 Å². The molecule has 0 fully saturated rings. The molecule has 0 saturated heterocycles. The van der Waals surface area contributed by atoms with Gasteiger partial charge >= 0.3 is 0 Å². The second-order valence-corrected chi connectivity index (χ2v) is 16.4. The zero-order chi connectivity index (χ0) is 41.9. The van der Waals surface area contributed by atoms with E-state index in [0.29, 0.717) is 17.6 Å². The summed E-state index contributed by atoms with van der Waals surface area (Å²) in [4.78, 5) is 16.1. The first kappa shape index (κ1) is 34.9. The fourth-order valence-corrected chi connectivity index (χ4v) is 10.2. The van der Waals surface area contributed by atoms with Crippen molar-refractivity contribution in [2.75, 3.05) is 0 Å². The Balaban J connectivity index is 1.18. The van der Waals surface area contributed by atoms with Crippen LogP contribution in [0.3, 0.4) is 0 Å². The summed E-state index contributed by atoms with van der Waals surface area (Å²) in [6, 6.07) is 72.6. The van der Waals surface area contributed by atoms with Crippen LogP contribution < -0.4 is 0 Å². The minimum atomic E-state index is 0.528. The second kappa shape index (κ2) is 13.3. The van der Waals surface area contributed by atoms with E-state index in [4.69, 9.17) is 19.4 Å². The number of furan rings is 1. The Bertz CT molecular complexity index is 4140. The van der Waals surface area contributed by atoms with Gasteiger partial charge in [0.2, 0.25) is 5.95 Å². The van der Waals surface area contributed by atoms with Crippen LogP contribution in [0.5, 0.6) is 0 Å². The molecule has 9 aromatic carbocycles. The minimum Gasteiger partial charge on any atom is -0.456 e. The van der Waals surface area contributed by atoms with Crippen LogP contribution in [0.25, 0.3) is 127 Å². The van der Waals surface area contributed by atoms with Gasteiger partial charge in [0.15, 0.2) is 11.6 Å². The van der Waals surface area contributed by atoms with Gasteiger partial charge in [-0.05, 0) is 66.7 Å². The summed E-state index contributed by atoms with van der Waals surface area (Å²) in [7, 11) is 0. The topological polar surface area (TPSA) is 66.6 Å². The van der Waals surface area contributed by atoms with E-state index in [1.807, 2.05) is 42.5 Å². The molecule has 64 heavy (non-hydrogen) atoms. The van der Waals surface area contributed by atoms with Crippen molar-refractivity contribution in [1.82, 2.24) is 28.7 Å². The lowest BCUT2D eigenvalue weighted by molar-refractivity contribution is 0.669. The lowest BCUT2D eigenvalue weighted by Gasteiger charge is -2.16. The maximum Gasteiger partial charge on any atom is 0.238 e. The van der Waals surface area contributed by atoms with Crippen LogP contribution in [0.1, 0.15) is 0 Å². The van der Waals surface area contributed by atoms with Crippen molar-refractivity contribution in [3.8, 4) is 40.1 Å². The third kappa shape index (κ3) is 4.94. The van der Waals surface area contributed by atoms with Crippen LogP contribution in [-0.2, 0) is 0 Å². The van der Waals surface area contributed by atoms with E-state index >= 15 is 0 Å². The Morgan fingerprint density at radius 3 is 1.53 bits per heavy atom. The average Bonchev–Trinajstić information content (AvgIpc) is 4.10. The molecule has 0 aliphatic rings. The molecule has 14 rings (SSSR count). The molecule has 14 aromatic rings. The molecule has 7 nitrogen and oxygen atoms in total. The van der Waals surface area contributed by atoms with Gasteiger partial charge in [0.25, 0.3) is 0 Å². The molecule has 0 unspecified atom stereocenters. The smallest absolute Gasteiger partial charge is 0.238 e. The van der Waals surface area contributed by atoms with E-state index < -0.39 is 0 Å². The number of fused-ring (bicyclic) bond motifs is 13. The van der Waals surface area contributed by atoms with Crippen LogP contribution in [0.4, 0.5) is 0 Å². The molecule has 7 heteroatoms.